The molecule has 304 valence electrons. The number of morpholine rings is 1. The Morgan fingerprint density at radius 3 is 2.23 bits per heavy atom. The van der Waals surface area contributed by atoms with Gasteiger partial charge in [-0.3, -0.25) is 24.1 Å². The van der Waals surface area contributed by atoms with Crippen LogP contribution in [-0.2, 0) is 52.3 Å². The van der Waals surface area contributed by atoms with E-state index in [0.29, 0.717) is 60.1 Å². The van der Waals surface area contributed by atoms with Crippen LogP contribution in [0.25, 0.3) is 10.9 Å². The maximum atomic E-state index is 13.8. The van der Waals surface area contributed by atoms with Gasteiger partial charge in [0.05, 0.1) is 37.0 Å². The summed E-state index contributed by atoms with van der Waals surface area (Å²) in [7, 11) is 0. The number of aromatic nitrogens is 2. The maximum absolute atomic E-state index is 13.8. The molecule has 2 aliphatic heterocycles. The van der Waals surface area contributed by atoms with Gasteiger partial charge in [0.1, 0.15) is 37.3 Å². The Balaban J connectivity index is 1.35. The van der Waals surface area contributed by atoms with Gasteiger partial charge in [0.2, 0.25) is 0 Å². The zero-order valence-corrected chi connectivity index (χ0v) is 32.1. The van der Waals surface area contributed by atoms with E-state index in [4.69, 9.17) is 54.2 Å². The number of hydrogen-bond acceptors (Lipinski definition) is 17. The minimum absolute atomic E-state index is 0.0561. The van der Waals surface area contributed by atoms with E-state index < -0.39 is 67.0 Å². The number of carbonyl (C=O) groups is 4. The maximum Gasteiger partial charge on any atom is 0.303 e. The lowest BCUT2D eigenvalue weighted by Gasteiger charge is -2.44. The van der Waals surface area contributed by atoms with Crippen molar-refractivity contribution in [1.82, 2.24) is 14.9 Å². The fourth-order valence-electron chi connectivity index (χ4n) is 6.03. The molecule has 0 aliphatic carbocycles. The number of hydrogen-bond donors (Lipinski definition) is 1. The van der Waals surface area contributed by atoms with E-state index in [0.717, 1.165) is 40.4 Å². The van der Waals surface area contributed by atoms with E-state index in [1.54, 1.807) is 12.1 Å². The van der Waals surface area contributed by atoms with Crippen molar-refractivity contribution in [1.29, 1.82) is 0 Å². The minimum Gasteiger partial charge on any atom is -0.490 e. The predicted molar refractivity (Wildman–Crippen MR) is 195 cm³/mol. The summed E-state index contributed by atoms with van der Waals surface area (Å²) in [6.07, 6.45) is -4.57. The Morgan fingerprint density at radius 1 is 0.857 bits per heavy atom. The molecule has 2 saturated heterocycles. The number of rotatable bonds is 17. The number of nitrogens with zero attached hydrogens (tertiary/aromatic N) is 3. The molecule has 17 nitrogen and oxygen atoms in total. The molecular weight excluding hydrogens is 763 g/mol. The molecule has 2 aliphatic rings. The van der Waals surface area contributed by atoms with Gasteiger partial charge in [-0.2, -0.15) is 0 Å². The van der Waals surface area contributed by atoms with Crippen LogP contribution in [0.3, 0.4) is 0 Å². The third-order valence-electron chi connectivity index (χ3n) is 8.43. The average molecular weight is 807 g/mol. The molecule has 0 amide bonds. The molecule has 5 rings (SSSR count). The highest BCUT2D eigenvalue weighted by atomic mass is 35.5. The van der Waals surface area contributed by atoms with E-state index in [9.17, 15) is 23.6 Å². The molecule has 1 aromatic heterocycles. The molecule has 0 saturated carbocycles. The molecule has 5 atom stereocenters. The summed E-state index contributed by atoms with van der Waals surface area (Å²) in [6, 6.07) is 7.61. The van der Waals surface area contributed by atoms with Crippen molar-refractivity contribution in [3.8, 4) is 11.5 Å². The number of carbonyl (C=O) groups excluding carboxylic acids is 4. The summed E-state index contributed by atoms with van der Waals surface area (Å²) in [5, 5.41) is 3.68. The molecule has 2 fully saturated rings. The van der Waals surface area contributed by atoms with Crippen molar-refractivity contribution in [2.24, 2.45) is 0 Å². The van der Waals surface area contributed by atoms with Gasteiger partial charge in [-0.15, -0.1) is 0 Å². The second-order valence-corrected chi connectivity index (χ2v) is 13.1. The highest BCUT2D eigenvalue weighted by Crippen LogP contribution is 2.36. The smallest absolute Gasteiger partial charge is 0.303 e. The third-order valence-corrected chi connectivity index (χ3v) is 8.72. The molecule has 2 aromatic carbocycles. The van der Waals surface area contributed by atoms with Crippen LogP contribution in [0, 0.1) is 5.82 Å². The first kappa shape index (κ1) is 42.3. The van der Waals surface area contributed by atoms with Gasteiger partial charge in [-0.05, 0) is 30.7 Å². The number of benzene rings is 2. The van der Waals surface area contributed by atoms with Gasteiger partial charge < -0.3 is 47.9 Å². The normalized spacial score (nSPS) is 21.1. The third kappa shape index (κ3) is 12.1. The number of fused-ring (bicyclic) bond motifs is 1. The summed E-state index contributed by atoms with van der Waals surface area (Å²) < 4.78 is 65.2. The molecule has 0 spiro atoms. The van der Waals surface area contributed by atoms with Gasteiger partial charge in [0, 0.05) is 64.5 Å². The van der Waals surface area contributed by atoms with Crippen LogP contribution < -0.4 is 14.8 Å². The van der Waals surface area contributed by atoms with Gasteiger partial charge >= 0.3 is 23.9 Å². The number of esters is 4. The molecule has 1 N–H and O–H groups in total. The average Bonchev–Trinajstić information content (AvgIpc) is 3.14. The van der Waals surface area contributed by atoms with Crippen LogP contribution in [0.5, 0.6) is 11.5 Å². The van der Waals surface area contributed by atoms with E-state index in [1.165, 1.54) is 31.5 Å². The van der Waals surface area contributed by atoms with Gasteiger partial charge in [-0.25, -0.2) is 14.4 Å². The summed E-state index contributed by atoms with van der Waals surface area (Å²) >= 11 is 6.01. The van der Waals surface area contributed by atoms with Gasteiger partial charge in [0.25, 0.3) is 0 Å². The van der Waals surface area contributed by atoms with E-state index in [-0.39, 0.29) is 18.2 Å². The lowest BCUT2D eigenvalue weighted by molar-refractivity contribution is -0.308. The SMILES string of the molecule is CC(=O)OC[C@H]1OC(OCCOc2cc3ncnc(Nc4ccc(F)c(Cl)c4)c3cc2OCCCN2CCOCC2)[C@H](OC(C)=O)[C@@H](OC(C)=O)[C@@H]1OC(C)=O. The quantitative estimate of drug-likeness (QED) is 0.118. The first-order chi connectivity index (χ1) is 26.9. The highest BCUT2D eigenvalue weighted by molar-refractivity contribution is 6.31. The van der Waals surface area contributed by atoms with Crippen LogP contribution >= 0.6 is 11.6 Å². The predicted octanol–water partition coefficient (Wildman–Crippen LogP) is 3.75. The van der Waals surface area contributed by atoms with Crippen LogP contribution in [0.1, 0.15) is 34.1 Å². The number of anilines is 2. The standard InChI is InChI=1S/C37H44ClFN4O13/c1-21(44)52-19-32-33(53-22(2)45)34(54-23(3)46)35(55-24(4)47)37(56-32)51-15-14-50-31-18-29-26(17-30(31)49-11-5-8-43-9-12-48-13-10-43)36(41-20-40-29)42-25-6-7-28(39)27(38)16-25/h6-7,16-18,20,32-35,37H,5,8-15,19H2,1-4H3,(H,40,41,42)/t32-,33-,34+,35-,37?/m1/s1. The van der Waals surface area contributed by atoms with E-state index in [1.807, 2.05) is 0 Å². The molecule has 3 heterocycles. The summed E-state index contributed by atoms with van der Waals surface area (Å²) in [5.41, 5.74) is 0.996. The Morgan fingerprint density at radius 2 is 1.54 bits per heavy atom. The monoisotopic (exact) mass is 806 g/mol. The minimum atomic E-state index is -1.39. The molecular formula is C37H44ClFN4O13. The van der Waals surface area contributed by atoms with Crippen molar-refractivity contribution >= 4 is 57.9 Å². The molecule has 56 heavy (non-hydrogen) atoms. The molecule has 1 unspecified atom stereocenters. The van der Waals surface area contributed by atoms with Crippen molar-refractivity contribution in [2.75, 3.05) is 64.6 Å². The first-order valence-corrected chi connectivity index (χ1v) is 18.2. The van der Waals surface area contributed by atoms with Crippen LogP contribution in [0.4, 0.5) is 15.9 Å². The van der Waals surface area contributed by atoms with Crippen molar-refractivity contribution in [3.05, 3.63) is 47.5 Å². The van der Waals surface area contributed by atoms with E-state index in [2.05, 4.69) is 20.2 Å². The second kappa shape index (κ2) is 20.3. The van der Waals surface area contributed by atoms with Gasteiger partial charge in [-0.1, -0.05) is 11.6 Å². The summed E-state index contributed by atoms with van der Waals surface area (Å²) in [5.74, 6) is -2.37. The number of ether oxygens (including phenoxy) is 9. The summed E-state index contributed by atoms with van der Waals surface area (Å²) in [4.78, 5) is 59.2. The van der Waals surface area contributed by atoms with Crippen molar-refractivity contribution in [3.63, 3.8) is 0 Å². The Hall–Kier alpha value is -4.88. The Labute approximate surface area is 326 Å². The zero-order chi connectivity index (χ0) is 40.2. The lowest BCUT2D eigenvalue weighted by Crippen LogP contribution is -2.63. The largest absolute Gasteiger partial charge is 0.490 e. The number of nitrogens with one attached hydrogen (secondary N) is 1. The first-order valence-electron chi connectivity index (χ1n) is 17.9. The molecule has 0 radical (unpaired) electrons. The van der Waals surface area contributed by atoms with E-state index >= 15 is 0 Å². The Bertz CT molecular complexity index is 1850. The molecule has 3 aromatic rings. The summed E-state index contributed by atoms with van der Waals surface area (Å²) in [6.45, 7) is 8.12. The lowest BCUT2D eigenvalue weighted by atomic mass is 9.98. The topological polar surface area (TPSA) is 192 Å². The van der Waals surface area contributed by atoms with Crippen molar-refractivity contribution in [2.45, 2.75) is 64.8 Å². The molecule has 19 heteroatoms. The fraction of sp³-hybridized carbons (Fsp3) is 0.514. The van der Waals surface area contributed by atoms with Crippen LogP contribution in [-0.4, -0.2) is 129 Å². The highest BCUT2D eigenvalue weighted by Gasteiger charge is 2.52. The van der Waals surface area contributed by atoms with Crippen LogP contribution in [0.15, 0.2) is 36.7 Å². The second-order valence-electron chi connectivity index (χ2n) is 12.7. The van der Waals surface area contributed by atoms with Gasteiger partial charge in [0.15, 0.2) is 36.1 Å². The van der Waals surface area contributed by atoms with Crippen molar-refractivity contribution < 1.29 is 66.2 Å². The van der Waals surface area contributed by atoms with Crippen LogP contribution in [0.2, 0.25) is 5.02 Å². The number of halogens is 2. The zero-order valence-electron chi connectivity index (χ0n) is 31.3. The molecule has 0 bridgehead atoms. The Kier molecular flexibility index (Phi) is 15.3. The fourth-order valence-corrected chi connectivity index (χ4v) is 6.21.